The van der Waals surface area contributed by atoms with Crippen LogP contribution in [-0.2, 0) is 11.0 Å². The Kier molecular flexibility index (Phi) is 4.51. The van der Waals surface area contributed by atoms with Crippen molar-refractivity contribution < 1.29 is 18.0 Å². The van der Waals surface area contributed by atoms with Gasteiger partial charge in [0.15, 0.2) is 0 Å². The number of thioether (sulfide) groups is 1. The molecule has 1 fully saturated rings. The fraction of sp³-hybridized carbons (Fsp3) is 0.176. The lowest BCUT2D eigenvalue weighted by molar-refractivity contribution is -0.137. The third-order valence-electron chi connectivity index (χ3n) is 3.83. The van der Waals surface area contributed by atoms with E-state index in [1.54, 1.807) is 23.6 Å². The highest BCUT2D eigenvalue weighted by atomic mass is 32.2. The van der Waals surface area contributed by atoms with E-state index in [4.69, 9.17) is 12.2 Å². The zero-order valence-corrected chi connectivity index (χ0v) is 14.9. The summed E-state index contributed by atoms with van der Waals surface area (Å²) in [7, 11) is 0. The fourth-order valence-electron chi connectivity index (χ4n) is 2.71. The van der Waals surface area contributed by atoms with E-state index in [1.807, 2.05) is 13.0 Å². The highest BCUT2D eigenvalue weighted by Crippen LogP contribution is 2.32. The second-order valence-electron chi connectivity index (χ2n) is 5.56. The molecule has 0 spiro atoms. The van der Waals surface area contributed by atoms with Crippen molar-refractivity contribution >= 4 is 40.3 Å². The van der Waals surface area contributed by atoms with Crippen molar-refractivity contribution in [3.05, 3.63) is 57.8 Å². The number of aryl methyl sites for hydroxylation is 1. The first-order valence-corrected chi connectivity index (χ1v) is 8.51. The molecule has 3 rings (SSSR count). The highest BCUT2D eigenvalue weighted by Gasteiger charge is 2.30. The predicted octanol–water partition coefficient (Wildman–Crippen LogP) is 4.60. The minimum absolute atomic E-state index is 0.265. The summed E-state index contributed by atoms with van der Waals surface area (Å²) in [6.45, 7) is 3.61. The monoisotopic (exact) mass is 382 g/mol. The number of carbonyl (C=O) groups is 1. The standard InChI is InChI=1S/C17H13F3N2OS2/c1-9-6-11(7-14-15(23)21-16(24)25-14)10(2)22(9)13-5-3-4-12(8-13)17(18,19)20/h3-8H,1-2H3,(H,21,23,24). The van der Waals surface area contributed by atoms with Gasteiger partial charge in [-0.15, -0.1) is 0 Å². The summed E-state index contributed by atoms with van der Waals surface area (Å²) in [4.78, 5) is 12.3. The Balaban J connectivity index is 2.06. The van der Waals surface area contributed by atoms with Crippen molar-refractivity contribution in [1.29, 1.82) is 0 Å². The molecule has 25 heavy (non-hydrogen) atoms. The van der Waals surface area contributed by atoms with Crippen LogP contribution in [0.1, 0.15) is 22.5 Å². The molecular formula is C17H13F3N2OS2. The van der Waals surface area contributed by atoms with Crippen molar-refractivity contribution in [3.8, 4) is 5.69 Å². The number of halogens is 3. The summed E-state index contributed by atoms with van der Waals surface area (Å²) in [6, 6.07) is 6.99. The molecular weight excluding hydrogens is 369 g/mol. The number of hydrogen-bond donors (Lipinski definition) is 1. The first kappa shape index (κ1) is 17.8. The summed E-state index contributed by atoms with van der Waals surface area (Å²) >= 11 is 6.13. The number of aromatic nitrogens is 1. The molecule has 8 heteroatoms. The van der Waals surface area contributed by atoms with Gasteiger partial charge in [-0.2, -0.15) is 13.2 Å². The maximum Gasteiger partial charge on any atom is 0.416 e. The molecule has 0 bridgehead atoms. The number of nitrogens with zero attached hydrogens (tertiary/aromatic N) is 1. The number of nitrogens with one attached hydrogen (secondary N) is 1. The summed E-state index contributed by atoms with van der Waals surface area (Å²) in [5.74, 6) is -0.265. The summed E-state index contributed by atoms with van der Waals surface area (Å²) < 4.78 is 41.0. The van der Waals surface area contributed by atoms with Crippen LogP contribution in [0.4, 0.5) is 13.2 Å². The van der Waals surface area contributed by atoms with E-state index in [0.29, 0.717) is 14.9 Å². The van der Waals surface area contributed by atoms with Gasteiger partial charge in [-0.1, -0.05) is 30.0 Å². The number of benzene rings is 1. The van der Waals surface area contributed by atoms with Crippen LogP contribution in [0, 0.1) is 13.8 Å². The van der Waals surface area contributed by atoms with Gasteiger partial charge in [0.1, 0.15) is 4.32 Å². The van der Waals surface area contributed by atoms with Crippen LogP contribution in [0.2, 0.25) is 0 Å². The normalized spacial score (nSPS) is 16.6. The minimum Gasteiger partial charge on any atom is -0.318 e. The second kappa shape index (κ2) is 6.34. The molecule has 0 aliphatic carbocycles. The lowest BCUT2D eigenvalue weighted by atomic mass is 10.2. The average Bonchev–Trinajstić information content (AvgIpc) is 2.97. The van der Waals surface area contributed by atoms with E-state index < -0.39 is 11.7 Å². The van der Waals surface area contributed by atoms with Gasteiger partial charge in [0.2, 0.25) is 0 Å². The van der Waals surface area contributed by atoms with E-state index in [9.17, 15) is 18.0 Å². The Labute approximate surface area is 151 Å². The highest BCUT2D eigenvalue weighted by molar-refractivity contribution is 8.26. The Morgan fingerprint density at radius 1 is 1.24 bits per heavy atom. The molecule has 2 aromatic rings. The van der Waals surface area contributed by atoms with Crippen LogP contribution in [-0.4, -0.2) is 14.8 Å². The van der Waals surface area contributed by atoms with E-state index in [-0.39, 0.29) is 5.91 Å². The predicted molar refractivity (Wildman–Crippen MR) is 96.6 cm³/mol. The maximum absolute atomic E-state index is 13.0. The summed E-state index contributed by atoms with van der Waals surface area (Å²) in [6.07, 6.45) is -2.70. The van der Waals surface area contributed by atoms with Crippen LogP contribution in [0.5, 0.6) is 0 Å². The lowest BCUT2D eigenvalue weighted by Crippen LogP contribution is -2.17. The minimum atomic E-state index is -4.40. The fourth-order valence-corrected chi connectivity index (χ4v) is 3.75. The number of thiocarbonyl (C=S) groups is 1. The van der Waals surface area contributed by atoms with E-state index in [2.05, 4.69) is 5.32 Å². The zero-order chi connectivity index (χ0) is 18.4. The van der Waals surface area contributed by atoms with Crippen molar-refractivity contribution in [2.75, 3.05) is 0 Å². The Bertz CT molecular complexity index is 913. The lowest BCUT2D eigenvalue weighted by Gasteiger charge is -2.13. The zero-order valence-electron chi connectivity index (χ0n) is 13.3. The topological polar surface area (TPSA) is 34.0 Å². The number of rotatable bonds is 2. The van der Waals surface area contributed by atoms with Crippen LogP contribution in [0.25, 0.3) is 11.8 Å². The number of hydrogen-bond acceptors (Lipinski definition) is 3. The van der Waals surface area contributed by atoms with Gasteiger partial charge in [-0.3, -0.25) is 4.79 Å². The van der Waals surface area contributed by atoms with Crippen molar-refractivity contribution in [2.45, 2.75) is 20.0 Å². The molecule has 0 atom stereocenters. The molecule has 130 valence electrons. The van der Waals surface area contributed by atoms with Gasteiger partial charge >= 0.3 is 6.18 Å². The summed E-state index contributed by atoms with van der Waals surface area (Å²) in [5, 5.41) is 2.54. The van der Waals surface area contributed by atoms with Crippen LogP contribution < -0.4 is 5.32 Å². The SMILES string of the molecule is Cc1cc(C=C2SC(=S)NC2=O)c(C)n1-c1cccc(C(F)(F)F)c1. The number of amides is 1. The largest absolute Gasteiger partial charge is 0.416 e. The Morgan fingerprint density at radius 3 is 2.56 bits per heavy atom. The molecule has 3 nitrogen and oxygen atoms in total. The Hall–Kier alpha value is -2.06. The van der Waals surface area contributed by atoms with Gasteiger partial charge < -0.3 is 9.88 Å². The van der Waals surface area contributed by atoms with Crippen LogP contribution in [0.3, 0.4) is 0 Å². The molecule has 2 heterocycles. The summed E-state index contributed by atoms with van der Waals surface area (Å²) in [5.41, 5.74) is 2.00. The first-order valence-electron chi connectivity index (χ1n) is 7.28. The molecule has 1 aliphatic rings. The molecule has 0 saturated carbocycles. The van der Waals surface area contributed by atoms with E-state index in [1.165, 1.54) is 17.8 Å². The van der Waals surface area contributed by atoms with Crippen LogP contribution in [0.15, 0.2) is 35.2 Å². The molecule has 1 saturated heterocycles. The maximum atomic E-state index is 13.0. The molecule has 0 unspecified atom stereocenters. The second-order valence-corrected chi connectivity index (χ2v) is 7.28. The van der Waals surface area contributed by atoms with Gasteiger partial charge in [0, 0.05) is 17.1 Å². The molecule has 0 radical (unpaired) electrons. The van der Waals surface area contributed by atoms with Crippen molar-refractivity contribution in [1.82, 2.24) is 9.88 Å². The molecule has 1 aromatic carbocycles. The number of carbonyl (C=O) groups excluding carboxylic acids is 1. The first-order chi connectivity index (χ1) is 11.7. The molecule has 1 amide bonds. The third kappa shape index (κ3) is 3.50. The van der Waals surface area contributed by atoms with Gasteiger partial charge in [-0.25, -0.2) is 0 Å². The van der Waals surface area contributed by atoms with E-state index >= 15 is 0 Å². The van der Waals surface area contributed by atoms with Gasteiger partial charge in [-0.05, 0) is 49.8 Å². The Morgan fingerprint density at radius 2 is 1.96 bits per heavy atom. The molecule has 1 N–H and O–H groups in total. The van der Waals surface area contributed by atoms with Crippen LogP contribution >= 0.6 is 24.0 Å². The smallest absolute Gasteiger partial charge is 0.318 e. The molecule has 1 aliphatic heterocycles. The quantitative estimate of drug-likeness (QED) is 0.609. The molecule has 1 aromatic heterocycles. The average molecular weight is 382 g/mol. The van der Waals surface area contributed by atoms with Crippen molar-refractivity contribution in [3.63, 3.8) is 0 Å². The van der Waals surface area contributed by atoms with E-state index in [0.717, 1.165) is 29.1 Å². The number of alkyl halides is 3. The van der Waals surface area contributed by atoms with Gasteiger partial charge in [0.05, 0.1) is 10.5 Å². The van der Waals surface area contributed by atoms with Crippen molar-refractivity contribution in [2.24, 2.45) is 0 Å². The van der Waals surface area contributed by atoms with Gasteiger partial charge in [0.25, 0.3) is 5.91 Å². The third-order valence-corrected chi connectivity index (χ3v) is 4.99.